The fourth-order valence-electron chi connectivity index (χ4n) is 2.42. The molecule has 0 aromatic heterocycles. The minimum atomic E-state index is -0.385. The summed E-state index contributed by atoms with van der Waals surface area (Å²) >= 11 is -0.385. The van der Waals surface area contributed by atoms with Crippen LogP contribution in [-0.2, 0) is 22.8 Å². The summed E-state index contributed by atoms with van der Waals surface area (Å²) in [6.45, 7) is 6.92. The van der Waals surface area contributed by atoms with Gasteiger partial charge in [-0.15, -0.1) is 0 Å². The summed E-state index contributed by atoms with van der Waals surface area (Å²) < 4.78 is 3.51. The molecule has 0 fully saturated rings. The zero-order chi connectivity index (χ0) is 11.5. The zero-order valence-electron chi connectivity index (χ0n) is 10.4. The summed E-state index contributed by atoms with van der Waals surface area (Å²) in [7, 11) is 0. The topological polar surface area (TPSA) is 0 Å². The summed E-state index contributed by atoms with van der Waals surface area (Å²) in [4.78, 5) is 0. The monoisotopic (exact) mass is 289 g/mol. The Balaban J connectivity index is 2.29. The van der Waals surface area contributed by atoms with Gasteiger partial charge in [0, 0.05) is 0 Å². The average Bonchev–Trinajstić information content (AvgIpc) is 2.84. The van der Waals surface area contributed by atoms with Crippen molar-refractivity contribution >= 4 is 3.21 Å². The molecule has 0 unspecified atom stereocenters. The van der Waals surface area contributed by atoms with Crippen molar-refractivity contribution in [2.24, 2.45) is 0 Å². The van der Waals surface area contributed by atoms with E-state index in [1.165, 1.54) is 12.8 Å². The van der Waals surface area contributed by atoms with E-state index in [1.807, 2.05) is 3.28 Å². The fourth-order valence-corrected chi connectivity index (χ4v) is 5.54. The summed E-state index contributed by atoms with van der Waals surface area (Å²) in [5, 5.41) is 0. The molecule has 0 saturated heterocycles. The zero-order valence-corrected chi connectivity index (χ0v) is 12.9. The van der Waals surface area contributed by atoms with E-state index in [9.17, 15) is 0 Å². The Hall–Kier alpha value is -0.287. The maximum absolute atomic E-state index is 2.47. The molecular formula is C15H19Zr. The van der Waals surface area contributed by atoms with Gasteiger partial charge in [0.1, 0.15) is 0 Å². The Morgan fingerprint density at radius 3 is 2.69 bits per heavy atom. The van der Waals surface area contributed by atoms with Crippen LogP contribution in [0.5, 0.6) is 0 Å². The van der Waals surface area contributed by atoms with Crippen LogP contribution in [0, 0.1) is 0 Å². The Bertz CT molecular complexity index is 438. The molecule has 2 aliphatic carbocycles. The first kappa shape index (κ1) is 12.2. The molecule has 0 aromatic rings. The van der Waals surface area contributed by atoms with Crippen LogP contribution in [0.15, 0.2) is 44.3 Å². The van der Waals surface area contributed by atoms with Gasteiger partial charge in [-0.3, -0.25) is 0 Å². The van der Waals surface area contributed by atoms with E-state index < -0.39 is 0 Å². The van der Waals surface area contributed by atoms with E-state index in [-0.39, 0.29) is 22.8 Å². The Labute approximate surface area is 110 Å². The van der Waals surface area contributed by atoms with Crippen molar-refractivity contribution in [3.63, 3.8) is 0 Å². The van der Waals surface area contributed by atoms with E-state index >= 15 is 0 Å². The van der Waals surface area contributed by atoms with E-state index in [0.29, 0.717) is 0 Å². The van der Waals surface area contributed by atoms with Gasteiger partial charge in [-0.2, -0.15) is 0 Å². The molecule has 0 nitrogen and oxygen atoms in total. The van der Waals surface area contributed by atoms with Crippen LogP contribution in [0.3, 0.4) is 0 Å². The van der Waals surface area contributed by atoms with Crippen molar-refractivity contribution < 1.29 is 22.8 Å². The van der Waals surface area contributed by atoms with Gasteiger partial charge in [-0.05, 0) is 0 Å². The third kappa shape index (κ3) is 2.51. The molecule has 2 aliphatic rings. The fraction of sp³-hybridized carbons (Fsp3) is 0.400. The Kier molecular flexibility index (Phi) is 4.08. The van der Waals surface area contributed by atoms with Crippen LogP contribution >= 0.6 is 0 Å². The molecule has 2 rings (SSSR count). The first-order chi connectivity index (χ1) is 7.72. The van der Waals surface area contributed by atoms with Crippen molar-refractivity contribution in [2.45, 2.75) is 40.0 Å². The van der Waals surface area contributed by atoms with Gasteiger partial charge >= 0.3 is 110 Å². The van der Waals surface area contributed by atoms with Crippen LogP contribution in [0.2, 0.25) is 0 Å². The van der Waals surface area contributed by atoms with Crippen LogP contribution in [-0.4, -0.2) is 3.21 Å². The second-order valence-electron chi connectivity index (χ2n) is 4.58. The van der Waals surface area contributed by atoms with Gasteiger partial charge in [0.15, 0.2) is 0 Å². The summed E-state index contributed by atoms with van der Waals surface area (Å²) in [5.74, 6) is 0. The molecule has 1 heteroatoms. The second kappa shape index (κ2) is 5.36. The van der Waals surface area contributed by atoms with Crippen molar-refractivity contribution in [1.82, 2.24) is 0 Å². The molecule has 83 valence electrons. The van der Waals surface area contributed by atoms with Gasteiger partial charge in [0.25, 0.3) is 0 Å². The van der Waals surface area contributed by atoms with E-state index in [4.69, 9.17) is 0 Å². The number of hydrogen-bond donors (Lipinski definition) is 0. The van der Waals surface area contributed by atoms with Crippen LogP contribution in [0.25, 0.3) is 0 Å². The summed E-state index contributed by atoms with van der Waals surface area (Å²) in [6.07, 6.45) is 12.8. The first-order valence-electron chi connectivity index (χ1n) is 6.08. The summed E-state index contributed by atoms with van der Waals surface area (Å²) in [5.41, 5.74) is 4.80. The van der Waals surface area contributed by atoms with Gasteiger partial charge in [0.05, 0.1) is 0 Å². The Morgan fingerprint density at radius 1 is 1.31 bits per heavy atom. The first-order valence-corrected chi connectivity index (χ1v) is 8.54. The third-order valence-electron chi connectivity index (χ3n) is 3.07. The number of rotatable bonds is 3. The van der Waals surface area contributed by atoms with Gasteiger partial charge in [-0.1, -0.05) is 0 Å². The molecule has 16 heavy (non-hydrogen) atoms. The van der Waals surface area contributed by atoms with Gasteiger partial charge < -0.3 is 0 Å². The quantitative estimate of drug-likeness (QED) is 0.732. The molecule has 0 heterocycles. The predicted octanol–water partition coefficient (Wildman–Crippen LogP) is 4.16. The van der Waals surface area contributed by atoms with Crippen molar-refractivity contribution in [3.8, 4) is 0 Å². The normalized spacial score (nSPS) is 18.7. The standard InChI is InChI=1S/C12H13.C3H6.Zr/c1-2-10-8-5-9-12(10)11-6-3-4-7-11;1-3-2;/h3-4,6,9H,2,5,7H2,1H3;1-2H3;. The molecule has 0 saturated carbocycles. The molecule has 0 aromatic carbocycles. The van der Waals surface area contributed by atoms with Crippen molar-refractivity contribution in [3.05, 3.63) is 44.3 Å². The number of allylic oxidation sites excluding steroid dienone is 8. The van der Waals surface area contributed by atoms with Crippen LogP contribution < -0.4 is 0 Å². The minimum absolute atomic E-state index is 0.385. The third-order valence-corrected chi connectivity index (χ3v) is 6.29. The SMILES string of the molecule is CCC1=[C]([Zr]=[C](C)C)CC=C1C1=CC=CC1. The van der Waals surface area contributed by atoms with E-state index in [0.717, 1.165) is 6.42 Å². The summed E-state index contributed by atoms with van der Waals surface area (Å²) in [6, 6.07) is 0. The second-order valence-corrected chi connectivity index (χ2v) is 9.14. The number of hydrogen-bond acceptors (Lipinski definition) is 0. The van der Waals surface area contributed by atoms with Crippen LogP contribution in [0.1, 0.15) is 40.0 Å². The van der Waals surface area contributed by atoms with Gasteiger partial charge in [-0.25, -0.2) is 0 Å². The molecule has 0 radical (unpaired) electrons. The Morgan fingerprint density at radius 2 is 2.12 bits per heavy atom. The van der Waals surface area contributed by atoms with Crippen LogP contribution in [0.4, 0.5) is 0 Å². The molecular weight excluding hydrogens is 271 g/mol. The average molecular weight is 291 g/mol. The molecule has 0 aliphatic heterocycles. The van der Waals surface area contributed by atoms with E-state index in [2.05, 4.69) is 45.1 Å². The molecule has 0 bridgehead atoms. The maximum atomic E-state index is 2.47. The molecule has 0 N–H and O–H groups in total. The van der Waals surface area contributed by atoms with Crippen molar-refractivity contribution in [2.75, 3.05) is 0 Å². The molecule has 0 amide bonds. The molecule has 0 spiro atoms. The predicted molar refractivity (Wildman–Crippen MR) is 68.2 cm³/mol. The molecule has 0 atom stereocenters. The van der Waals surface area contributed by atoms with Gasteiger partial charge in [0.2, 0.25) is 0 Å². The van der Waals surface area contributed by atoms with E-state index in [1.54, 1.807) is 19.9 Å². The van der Waals surface area contributed by atoms with Crippen molar-refractivity contribution in [1.29, 1.82) is 0 Å².